The summed E-state index contributed by atoms with van der Waals surface area (Å²) in [5.41, 5.74) is 6.28. The predicted octanol–water partition coefficient (Wildman–Crippen LogP) is 6.83. The Labute approximate surface area is 141 Å². The van der Waals surface area contributed by atoms with Crippen molar-refractivity contribution in [2.75, 3.05) is 0 Å². The van der Waals surface area contributed by atoms with Crippen molar-refractivity contribution in [2.24, 2.45) is 11.8 Å². The Morgan fingerprint density at radius 1 is 0.696 bits per heavy atom. The Kier molecular flexibility index (Phi) is 4.62. The van der Waals surface area contributed by atoms with Gasteiger partial charge in [-0.05, 0) is 46.9 Å². The smallest absolute Gasteiger partial charge is 0.0220 e. The van der Waals surface area contributed by atoms with E-state index < -0.39 is 0 Å². The summed E-state index contributed by atoms with van der Waals surface area (Å²) in [6.45, 7) is 9.49. The summed E-state index contributed by atoms with van der Waals surface area (Å²) in [4.78, 5) is 0. The van der Waals surface area contributed by atoms with Crippen LogP contribution in [0.1, 0.15) is 64.5 Å². The highest BCUT2D eigenvalue weighted by Gasteiger charge is 2.43. The maximum absolute atomic E-state index is 2.42. The number of hydrogen-bond donors (Lipinski definition) is 0. The molecular formula is C23H30. The standard InChI is InChI=1S/C23H30/c1-5-17(3)15-23(16-18(4)6-2)21-13-9-7-11-19(21)20-12-8-10-14-22(20)23/h7-14,17-18H,5-6,15-16H2,1-4H3. The SMILES string of the molecule is CCC(C)CC1(CC(C)CC)c2ccccc2-c2ccccc21. The average molecular weight is 306 g/mol. The maximum Gasteiger partial charge on any atom is 0.0220 e. The van der Waals surface area contributed by atoms with Gasteiger partial charge in [-0.25, -0.2) is 0 Å². The molecule has 0 heteroatoms. The van der Waals surface area contributed by atoms with Crippen molar-refractivity contribution in [3.63, 3.8) is 0 Å². The van der Waals surface area contributed by atoms with Crippen LogP contribution in [0.5, 0.6) is 0 Å². The van der Waals surface area contributed by atoms with Crippen molar-refractivity contribution in [1.29, 1.82) is 0 Å². The molecule has 0 aliphatic heterocycles. The summed E-state index contributed by atoms with van der Waals surface area (Å²) < 4.78 is 0. The summed E-state index contributed by atoms with van der Waals surface area (Å²) in [6.07, 6.45) is 5.04. The highest BCUT2D eigenvalue weighted by atomic mass is 14.5. The molecule has 2 unspecified atom stereocenters. The van der Waals surface area contributed by atoms with Crippen molar-refractivity contribution in [1.82, 2.24) is 0 Å². The monoisotopic (exact) mass is 306 g/mol. The molecule has 0 fully saturated rings. The summed E-state index contributed by atoms with van der Waals surface area (Å²) in [5, 5.41) is 0. The van der Waals surface area contributed by atoms with Gasteiger partial charge in [0.05, 0.1) is 0 Å². The minimum Gasteiger partial charge on any atom is -0.0651 e. The summed E-state index contributed by atoms with van der Waals surface area (Å²) in [7, 11) is 0. The zero-order chi connectivity index (χ0) is 16.4. The van der Waals surface area contributed by atoms with Crippen LogP contribution in [0.4, 0.5) is 0 Å². The van der Waals surface area contributed by atoms with Gasteiger partial charge in [0.2, 0.25) is 0 Å². The highest BCUT2D eigenvalue weighted by molar-refractivity contribution is 5.81. The molecule has 0 amide bonds. The van der Waals surface area contributed by atoms with E-state index in [0.717, 1.165) is 11.8 Å². The van der Waals surface area contributed by atoms with Crippen LogP contribution in [0.15, 0.2) is 48.5 Å². The zero-order valence-electron chi connectivity index (χ0n) is 15.1. The average Bonchev–Trinajstić information content (AvgIpc) is 2.86. The Morgan fingerprint density at radius 2 is 1.09 bits per heavy atom. The van der Waals surface area contributed by atoms with E-state index in [1.807, 2.05) is 0 Å². The molecule has 1 aliphatic rings. The number of rotatable bonds is 6. The molecule has 0 bridgehead atoms. The summed E-state index contributed by atoms with van der Waals surface area (Å²) >= 11 is 0. The first kappa shape index (κ1) is 16.3. The predicted molar refractivity (Wildman–Crippen MR) is 101 cm³/mol. The Bertz CT molecular complexity index is 608. The molecule has 0 spiro atoms. The third-order valence-electron chi connectivity index (χ3n) is 5.96. The van der Waals surface area contributed by atoms with Crippen molar-refractivity contribution in [3.8, 4) is 11.1 Å². The molecule has 2 aromatic rings. The number of fused-ring (bicyclic) bond motifs is 3. The number of hydrogen-bond acceptors (Lipinski definition) is 0. The molecule has 122 valence electrons. The van der Waals surface area contributed by atoms with Crippen LogP contribution in [0, 0.1) is 11.8 Å². The van der Waals surface area contributed by atoms with Crippen LogP contribution in [0.2, 0.25) is 0 Å². The van der Waals surface area contributed by atoms with Gasteiger partial charge >= 0.3 is 0 Å². The first-order chi connectivity index (χ1) is 11.1. The highest BCUT2D eigenvalue weighted by Crippen LogP contribution is 2.55. The second kappa shape index (κ2) is 6.51. The minimum absolute atomic E-state index is 0.206. The van der Waals surface area contributed by atoms with E-state index >= 15 is 0 Å². The van der Waals surface area contributed by atoms with E-state index in [9.17, 15) is 0 Å². The molecule has 23 heavy (non-hydrogen) atoms. The van der Waals surface area contributed by atoms with E-state index in [-0.39, 0.29) is 5.41 Å². The van der Waals surface area contributed by atoms with Gasteiger partial charge in [-0.2, -0.15) is 0 Å². The third-order valence-corrected chi connectivity index (χ3v) is 5.96. The molecule has 0 aromatic heterocycles. The Hall–Kier alpha value is -1.56. The van der Waals surface area contributed by atoms with Gasteiger partial charge < -0.3 is 0 Å². The van der Waals surface area contributed by atoms with Crippen molar-refractivity contribution in [2.45, 2.75) is 58.8 Å². The van der Waals surface area contributed by atoms with Crippen LogP contribution >= 0.6 is 0 Å². The quantitative estimate of drug-likeness (QED) is 0.549. The Balaban J connectivity index is 2.20. The second-order valence-corrected chi connectivity index (χ2v) is 7.61. The van der Waals surface area contributed by atoms with Crippen LogP contribution < -0.4 is 0 Å². The normalized spacial score (nSPS) is 17.4. The summed E-state index contributed by atoms with van der Waals surface area (Å²) in [6, 6.07) is 18.3. The molecule has 0 saturated heterocycles. The van der Waals surface area contributed by atoms with Crippen molar-refractivity contribution < 1.29 is 0 Å². The van der Waals surface area contributed by atoms with Gasteiger partial charge in [0.1, 0.15) is 0 Å². The molecule has 1 aliphatic carbocycles. The lowest BCUT2D eigenvalue weighted by molar-refractivity contribution is 0.308. The molecule has 3 rings (SSSR count). The van der Waals surface area contributed by atoms with Crippen LogP contribution in [-0.4, -0.2) is 0 Å². The van der Waals surface area contributed by atoms with Gasteiger partial charge in [-0.15, -0.1) is 0 Å². The lowest BCUT2D eigenvalue weighted by atomic mass is 9.67. The lowest BCUT2D eigenvalue weighted by Gasteiger charge is -2.36. The molecule has 0 nitrogen and oxygen atoms in total. The first-order valence-corrected chi connectivity index (χ1v) is 9.31. The van der Waals surface area contributed by atoms with Gasteiger partial charge in [0, 0.05) is 5.41 Å². The van der Waals surface area contributed by atoms with Crippen LogP contribution in [-0.2, 0) is 5.41 Å². The van der Waals surface area contributed by atoms with Gasteiger partial charge in [-0.1, -0.05) is 89.1 Å². The van der Waals surface area contributed by atoms with Gasteiger partial charge in [0.15, 0.2) is 0 Å². The van der Waals surface area contributed by atoms with Gasteiger partial charge in [-0.3, -0.25) is 0 Å². The van der Waals surface area contributed by atoms with Crippen molar-refractivity contribution in [3.05, 3.63) is 59.7 Å². The Morgan fingerprint density at radius 3 is 1.48 bits per heavy atom. The fraction of sp³-hybridized carbons (Fsp3) is 0.478. The molecule has 0 radical (unpaired) electrons. The maximum atomic E-state index is 2.42. The minimum atomic E-state index is 0.206. The third kappa shape index (κ3) is 2.73. The van der Waals surface area contributed by atoms with E-state index in [0.29, 0.717) is 0 Å². The molecular weight excluding hydrogens is 276 g/mol. The summed E-state index contributed by atoms with van der Waals surface area (Å²) in [5.74, 6) is 1.50. The largest absolute Gasteiger partial charge is 0.0651 e. The van der Waals surface area contributed by atoms with Crippen molar-refractivity contribution >= 4 is 0 Å². The van der Waals surface area contributed by atoms with E-state index in [1.165, 1.54) is 36.8 Å². The van der Waals surface area contributed by atoms with E-state index in [1.54, 1.807) is 11.1 Å². The molecule has 2 atom stereocenters. The topological polar surface area (TPSA) is 0 Å². The molecule has 0 saturated carbocycles. The number of benzene rings is 2. The van der Waals surface area contributed by atoms with E-state index in [4.69, 9.17) is 0 Å². The fourth-order valence-electron chi connectivity index (χ4n) is 4.42. The molecule has 0 heterocycles. The lowest BCUT2D eigenvalue weighted by Crippen LogP contribution is -2.30. The van der Waals surface area contributed by atoms with Crippen LogP contribution in [0.3, 0.4) is 0 Å². The molecule has 0 N–H and O–H groups in total. The molecule has 2 aromatic carbocycles. The zero-order valence-corrected chi connectivity index (χ0v) is 15.1. The van der Waals surface area contributed by atoms with Crippen LogP contribution in [0.25, 0.3) is 11.1 Å². The second-order valence-electron chi connectivity index (χ2n) is 7.61. The van der Waals surface area contributed by atoms with E-state index in [2.05, 4.69) is 76.2 Å². The van der Waals surface area contributed by atoms with Gasteiger partial charge in [0.25, 0.3) is 0 Å². The fourth-order valence-corrected chi connectivity index (χ4v) is 4.42. The first-order valence-electron chi connectivity index (χ1n) is 9.31.